The smallest absolute Gasteiger partial charge is 0.240 e. The summed E-state index contributed by atoms with van der Waals surface area (Å²) in [5, 5.41) is 0.831. The summed E-state index contributed by atoms with van der Waals surface area (Å²) in [7, 11) is 1.56. The second kappa shape index (κ2) is 6.02. The molecular weight excluding hydrogens is 262 g/mol. The molecule has 1 heterocycles. The highest BCUT2D eigenvalue weighted by atomic mass is 35.5. The van der Waals surface area contributed by atoms with Crippen LogP contribution in [0, 0.1) is 0 Å². The SMILES string of the molecule is COc1ccc2[nH]cc([C@@H](N)CC(F)F)c2c1.Cl. The Bertz CT molecular complexity index is 516. The minimum Gasteiger partial charge on any atom is -0.497 e. The summed E-state index contributed by atoms with van der Waals surface area (Å²) >= 11 is 0. The number of ether oxygens (including phenoxy) is 1. The highest BCUT2D eigenvalue weighted by Gasteiger charge is 2.16. The third kappa shape index (κ3) is 2.91. The van der Waals surface area contributed by atoms with E-state index in [-0.39, 0.29) is 18.8 Å². The maximum absolute atomic E-state index is 12.3. The van der Waals surface area contributed by atoms with Crippen LogP contribution >= 0.6 is 12.4 Å². The quantitative estimate of drug-likeness (QED) is 0.901. The Balaban J connectivity index is 0.00000162. The Morgan fingerprint density at radius 3 is 2.72 bits per heavy atom. The van der Waals surface area contributed by atoms with Crippen molar-refractivity contribution >= 4 is 23.3 Å². The van der Waals surface area contributed by atoms with Crippen molar-refractivity contribution < 1.29 is 13.5 Å². The van der Waals surface area contributed by atoms with Gasteiger partial charge in [-0.25, -0.2) is 8.78 Å². The van der Waals surface area contributed by atoms with E-state index in [4.69, 9.17) is 10.5 Å². The molecular formula is C12H15ClF2N2O. The Kier molecular flexibility index (Phi) is 4.93. The molecule has 6 heteroatoms. The third-order valence-electron chi connectivity index (χ3n) is 2.75. The lowest BCUT2D eigenvalue weighted by Crippen LogP contribution is -2.13. The molecule has 0 aliphatic carbocycles. The fourth-order valence-corrected chi connectivity index (χ4v) is 1.87. The molecule has 100 valence electrons. The molecule has 18 heavy (non-hydrogen) atoms. The van der Waals surface area contributed by atoms with E-state index in [9.17, 15) is 8.78 Å². The van der Waals surface area contributed by atoms with E-state index < -0.39 is 12.5 Å². The van der Waals surface area contributed by atoms with Crippen LogP contribution in [0.15, 0.2) is 24.4 Å². The van der Waals surface area contributed by atoms with E-state index in [1.54, 1.807) is 25.4 Å². The average Bonchev–Trinajstić information content (AvgIpc) is 2.70. The maximum Gasteiger partial charge on any atom is 0.240 e. The molecule has 0 saturated carbocycles. The lowest BCUT2D eigenvalue weighted by molar-refractivity contribution is 0.128. The van der Waals surface area contributed by atoms with Crippen LogP contribution in [0.5, 0.6) is 5.75 Å². The maximum atomic E-state index is 12.3. The van der Waals surface area contributed by atoms with Gasteiger partial charge in [-0.05, 0) is 23.8 Å². The number of benzene rings is 1. The molecule has 0 aliphatic rings. The number of rotatable bonds is 4. The molecule has 0 bridgehead atoms. The monoisotopic (exact) mass is 276 g/mol. The normalized spacial score (nSPS) is 12.5. The summed E-state index contributed by atoms with van der Waals surface area (Å²) in [5.74, 6) is 0.683. The number of methoxy groups -OCH3 is 1. The zero-order valence-electron chi connectivity index (χ0n) is 9.82. The Labute approximate surface area is 110 Å². The molecule has 0 aliphatic heterocycles. The average molecular weight is 277 g/mol. The molecule has 1 atom stereocenters. The second-order valence-electron chi connectivity index (χ2n) is 3.89. The highest BCUT2D eigenvalue weighted by molar-refractivity contribution is 5.85. The minimum absolute atomic E-state index is 0. The summed E-state index contributed by atoms with van der Waals surface area (Å²) in [5.41, 5.74) is 7.32. The number of aromatic nitrogens is 1. The first-order valence-electron chi connectivity index (χ1n) is 5.30. The van der Waals surface area contributed by atoms with Crippen LogP contribution in [0.1, 0.15) is 18.0 Å². The van der Waals surface area contributed by atoms with Crippen molar-refractivity contribution in [3.05, 3.63) is 30.0 Å². The summed E-state index contributed by atoms with van der Waals surface area (Å²) in [6.07, 6.45) is -1.07. The molecule has 1 aromatic heterocycles. The molecule has 2 rings (SSSR count). The molecule has 0 spiro atoms. The van der Waals surface area contributed by atoms with Gasteiger partial charge in [0.05, 0.1) is 7.11 Å². The predicted molar refractivity (Wildman–Crippen MR) is 69.6 cm³/mol. The molecule has 3 N–H and O–H groups in total. The Hall–Kier alpha value is -1.33. The minimum atomic E-state index is -2.40. The first-order valence-corrected chi connectivity index (χ1v) is 5.30. The van der Waals surface area contributed by atoms with Gasteiger partial charge in [0.1, 0.15) is 5.75 Å². The number of H-pyrrole nitrogens is 1. The van der Waals surface area contributed by atoms with Gasteiger partial charge < -0.3 is 15.5 Å². The van der Waals surface area contributed by atoms with Crippen LogP contribution in [0.25, 0.3) is 10.9 Å². The van der Waals surface area contributed by atoms with Crippen LogP contribution in [-0.4, -0.2) is 18.5 Å². The van der Waals surface area contributed by atoms with Gasteiger partial charge in [0.25, 0.3) is 0 Å². The van der Waals surface area contributed by atoms with Crippen molar-refractivity contribution in [2.24, 2.45) is 5.73 Å². The van der Waals surface area contributed by atoms with Gasteiger partial charge in [-0.3, -0.25) is 0 Å². The van der Waals surface area contributed by atoms with Crippen LogP contribution in [0.4, 0.5) is 8.78 Å². The standard InChI is InChI=1S/C12H14F2N2O.ClH/c1-17-7-2-3-11-8(4-7)9(6-16-11)10(15)5-12(13)14;/h2-4,6,10,12,16H,5,15H2,1H3;1H/t10-;/m0./s1. The number of hydrogen-bond acceptors (Lipinski definition) is 2. The molecule has 0 unspecified atom stereocenters. The number of hydrogen-bond donors (Lipinski definition) is 2. The zero-order valence-corrected chi connectivity index (χ0v) is 10.6. The highest BCUT2D eigenvalue weighted by Crippen LogP contribution is 2.29. The van der Waals surface area contributed by atoms with E-state index in [1.807, 2.05) is 6.07 Å². The fourth-order valence-electron chi connectivity index (χ4n) is 1.87. The number of aromatic amines is 1. The van der Waals surface area contributed by atoms with Gasteiger partial charge in [0, 0.05) is 29.6 Å². The van der Waals surface area contributed by atoms with Crippen LogP contribution < -0.4 is 10.5 Å². The number of nitrogens with one attached hydrogen (secondary N) is 1. The second-order valence-corrected chi connectivity index (χ2v) is 3.89. The fraction of sp³-hybridized carbons (Fsp3) is 0.333. The largest absolute Gasteiger partial charge is 0.497 e. The van der Waals surface area contributed by atoms with Crippen LogP contribution in [-0.2, 0) is 0 Å². The molecule has 0 fully saturated rings. The number of nitrogens with two attached hydrogens (primary N) is 1. The van der Waals surface area contributed by atoms with Crippen molar-refractivity contribution in [3.8, 4) is 5.75 Å². The predicted octanol–water partition coefficient (Wildman–Crippen LogP) is 3.25. The van der Waals surface area contributed by atoms with E-state index in [0.29, 0.717) is 11.3 Å². The summed E-state index contributed by atoms with van der Waals surface area (Å²) in [6, 6.07) is 4.77. The van der Waals surface area contributed by atoms with Crippen molar-refractivity contribution in [2.45, 2.75) is 18.9 Å². The van der Waals surface area contributed by atoms with E-state index in [1.165, 1.54) is 0 Å². The Morgan fingerprint density at radius 1 is 1.39 bits per heavy atom. The summed E-state index contributed by atoms with van der Waals surface area (Å²) in [6.45, 7) is 0. The summed E-state index contributed by atoms with van der Waals surface area (Å²) < 4.78 is 29.7. The summed E-state index contributed by atoms with van der Waals surface area (Å²) in [4.78, 5) is 3.01. The van der Waals surface area contributed by atoms with E-state index in [0.717, 1.165) is 10.9 Å². The van der Waals surface area contributed by atoms with Gasteiger partial charge in [-0.1, -0.05) is 0 Å². The van der Waals surface area contributed by atoms with Crippen molar-refractivity contribution in [1.29, 1.82) is 0 Å². The van der Waals surface area contributed by atoms with Crippen LogP contribution in [0.3, 0.4) is 0 Å². The topological polar surface area (TPSA) is 51.0 Å². The van der Waals surface area contributed by atoms with Gasteiger partial charge in [0.2, 0.25) is 6.43 Å². The first-order chi connectivity index (χ1) is 8.11. The lowest BCUT2D eigenvalue weighted by atomic mass is 10.0. The van der Waals surface area contributed by atoms with E-state index >= 15 is 0 Å². The van der Waals surface area contributed by atoms with E-state index in [2.05, 4.69) is 4.98 Å². The van der Waals surface area contributed by atoms with Gasteiger partial charge in [-0.2, -0.15) is 0 Å². The van der Waals surface area contributed by atoms with Gasteiger partial charge >= 0.3 is 0 Å². The molecule has 0 radical (unpaired) electrons. The molecule has 0 amide bonds. The third-order valence-corrected chi connectivity index (χ3v) is 2.75. The molecule has 2 aromatic rings. The molecule has 0 saturated heterocycles. The van der Waals surface area contributed by atoms with Crippen molar-refractivity contribution in [3.63, 3.8) is 0 Å². The van der Waals surface area contributed by atoms with Crippen molar-refractivity contribution in [1.82, 2.24) is 4.98 Å². The number of alkyl halides is 2. The zero-order chi connectivity index (χ0) is 12.4. The number of fused-ring (bicyclic) bond motifs is 1. The Morgan fingerprint density at radius 2 is 2.11 bits per heavy atom. The first kappa shape index (κ1) is 14.7. The van der Waals surface area contributed by atoms with Crippen LogP contribution in [0.2, 0.25) is 0 Å². The lowest BCUT2D eigenvalue weighted by Gasteiger charge is -2.10. The van der Waals surface area contributed by atoms with Gasteiger partial charge in [0.15, 0.2) is 0 Å². The van der Waals surface area contributed by atoms with Gasteiger partial charge in [-0.15, -0.1) is 12.4 Å². The molecule has 3 nitrogen and oxygen atoms in total. The number of halogens is 3. The molecule has 1 aromatic carbocycles. The van der Waals surface area contributed by atoms with Crippen molar-refractivity contribution in [2.75, 3.05) is 7.11 Å².